The first-order valence-electron chi connectivity index (χ1n) is 10.6. The molecule has 33 heavy (non-hydrogen) atoms. The summed E-state index contributed by atoms with van der Waals surface area (Å²) in [7, 11) is 1.90. The van der Waals surface area contributed by atoms with Gasteiger partial charge in [0, 0.05) is 29.2 Å². The van der Waals surface area contributed by atoms with Gasteiger partial charge in [-0.1, -0.05) is 54.1 Å². The lowest BCUT2D eigenvalue weighted by atomic mass is 9.98. The number of hydrogen-bond donors (Lipinski definition) is 4. The highest BCUT2D eigenvalue weighted by Crippen LogP contribution is 2.38. The van der Waals surface area contributed by atoms with Crippen molar-refractivity contribution >= 4 is 46.1 Å². The van der Waals surface area contributed by atoms with Crippen molar-refractivity contribution in [3.8, 4) is 0 Å². The Balaban J connectivity index is 1.75. The molecule has 4 N–H and O–H groups in total. The summed E-state index contributed by atoms with van der Waals surface area (Å²) >= 11 is 6.13. The fourth-order valence-electron chi connectivity index (χ4n) is 3.82. The van der Waals surface area contributed by atoms with Crippen LogP contribution < -0.4 is 16.0 Å². The van der Waals surface area contributed by atoms with E-state index in [2.05, 4.69) is 16.0 Å². The number of nitrogens with one attached hydrogen (secondary N) is 3. The highest BCUT2D eigenvalue weighted by Gasteiger charge is 2.28. The summed E-state index contributed by atoms with van der Waals surface area (Å²) in [4.78, 5) is 23.9. The third-order valence-corrected chi connectivity index (χ3v) is 5.69. The molecule has 0 spiro atoms. The van der Waals surface area contributed by atoms with Gasteiger partial charge in [-0.15, -0.1) is 0 Å². The van der Waals surface area contributed by atoms with Crippen molar-refractivity contribution < 1.29 is 14.7 Å². The van der Waals surface area contributed by atoms with Gasteiger partial charge in [0.2, 0.25) is 0 Å². The van der Waals surface area contributed by atoms with Crippen molar-refractivity contribution in [2.45, 2.75) is 19.4 Å². The maximum atomic E-state index is 13.0. The Morgan fingerprint density at radius 3 is 2.36 bits per heavy atom. The number of hydrogen-bond acceptors (Lipinski definition) is 4. The summed E-state index contributed by atoms with van der Waals surface area (Å²) < 4.78 is 0. The monoisotopic (exact) mass is 461 g/mol. The zero-order chi connectivity index (χ0) is 23.4. The van der Waals surface area contributed by atoms with Crippen molar-refractivity contribution in [3.63, 3.8) is 0 Å². The van der Waals surface area contributed by atoms with E-state index in [0.717, 1.165) is 34.5 Å². The lowest BCUT2D eigenvalue weighted by Gasteiger charge is -2.16. The largest absolute Gasteiger partial charge is 0.481 e. The summed E-state index contributed by atoms with van der Waals surface area (Å²) in [5.41, 5.74) is 6.38. The molecule has 1 aliphatic heterocycles. The van der Waals surface area contributed by atoms with Crippen LogP contribution in [0.5, 0.6) is 0 Å². The zero-order valence-electron chi connectivity index (χ0n) is 18.1. The molecule has 4 rings (SSSR count). The van der Waals surface area contributed by atoms with E-state index in [1.807, 2.05) is 61.6 Å². The van der Waals surface area contributed by atoms with Crippen LogP contribution in [0.4, 0.5) is 11.4 Å². The predicted molar refractivity (Wildman–Crippen MR) is 132 cm³/mol. The molecule has 3 aromatic rings. The number of carbonyl (C=O) groups excluding carboxylic acids is 1. The van der Waals surface area contributed by atoms with Gasteiger partial charge in [-0.25, -0.2) is 0 Å². The number of fused-ring (bicyclic) bond motifs is 1. The number of rotatable bonds is 8. The molecule has 1 amide bonds. The molecular formula is C26H24ClN3O3. The van der Waals surface area contributed by atoms with Crippen LogP contribution in [-0.2, 0) is 22.6 Å². The lowest BCUT2D eigenvalue weighted by Crippen LogP contribution is -2.10. The van der Waals surface area contributed by atoms with E-state index in [9.17, 15) is 9.59 Å². The number of carboxylic acid groups (broad SMARTS) is 1. The molecule has 0 aromatic heterocycles. The Hall–Kier alpha value is -3.61. The van der Waals surface area contributed by atoms with Gasteiger partial charge < -0.3 is 21.1 Å². The summed E-state index contributed by atoms with van der Waals surface area (Å²) in [6.45, 7) is 0.766. The normalized spacial score (nSPS) is 13.9. The van der Waals surface area contributed by atoms with Crippen molar-refractivity contribution in [2.24, 2.45) is 0 Å². The number of aryl methyl sites for hydroxylation is 1. The summed E-state index contributed by atoms with van der Waals surface area (Å²) in [6.07, 6.45) is 0.519. The van der Waals surface area contributed by atoms with Crippen LogP contribution in [0.25, 0.3) is 11.3 Å². The van der Waals surface area contributed by atoms with Crippen molar-refractivity contribution in [3.05, 3.63) is 94.0 Å². The fourth-order valence-corrected chi connectivity index (χ4v) is 3.99. The van der Waals surface area contributed by atoms with Gasteiger partial charge in [-0.2, -0.15) is 0 Å². The van der Waals surface area contributed by atoms with E-state index >= 15 is 0 Å². The van der Waals surface area contributed by atoms with Gasteiger partial charge in [0.05, 0.1) is 17.0 Å². The standard InChI is InChI=1S/C26H24ClN3O3/c1-28-15-17-4-10-20(11-5-17)29-25(18-7-2-16(3-8-18)6-13-23(31)32)24-21-12-9-19(27)14-22(21)30-26(24)33/h2-5,7-12,14,28-29H,6,13,15H2,1H3,(H,30,33)(H,31,32)/b25-24-. The molecule has 0 saturated carbocycles. The minimum absolute atomic E-state index is 0.0705. The minimum atomic E-state index is -0.830. The molecule has 0 fully saturated rings. The zero-order valence-corrected chi connectivity index (χ0v) is 18.9. The number of anilines is 2. The first kappa shape index (κ1) is 22.6. The van der Waals surface area contributed by atoms with Crippen molar-refractivity contribution in [2.75, 3.05) is 17.7 Å². The van der Waals surface area contributed by atoms with Crippen LogP contribution in [-0.4, -0.2) is 24.0 Å². The fraction of sp³-hybridized carbons (Fsp3) is 0.154. The SMILES string of the molecule is CNCc1ccc(N/C(=C2\C(=O)Nc3cc(Cl)ccc32)c2ccc(CCC(=O)O)cc2)cc1. The second-order valence-electron chi connectivity index (χ2n) is 7.84. The molecule has 3 aromatic carbocycles. The highest BCUT2D eigenvalue weighted by atomic mass is 35.5. The first-order chi connectivity index (χ1) is 15.9. The van der Waals surface area contributed by atoms with Gasteiger partial charge in [0.15, 0.2) is 0 Å². The van der Waals surface area contributed by atoms with Crippen LogP contribution in [0.1, 0.15) is 28.7 Å². The van der Waals surface area contributed by atoms with Crippen LogP contribution in [0.15, 0.2) is 66.7 Å². The van der Waals surface area contributed by atoms with Gasteiger partial charge in [0.1, 0.15) is 0 Å². The molecule has 1 aliphatic rings. The molecule has 0 atom stereocenters. The van der Waals surface area contributed by atoms with Crippen LogP contribution >= 0.6 is 11.6 Å². The smallest absolute Gasteiger partial charge is 0.303 e. The maximum Gasteiger partial charge on any atom is 0.303 e. The quantitative estimate of drug-likeness (QED) is 0.354. The number of benzene rings is 3. The van der Waals surface area contributed by atoms with Crippen molar-refractivity contribution in [1.29, 1.82) is 0 Å². The lowest BCUT2D eigenvalue weighted by molar-refractivity contribution is -0.137. The van der Waals surface area contributed by atoms with Crippen molar-refractivity contribution in [1.82, 2.24) is 5.32 Å². The molecular weight excluding hydrogens is 438 g/mol. The molecule has 1 heterocycles. The molecule has 0 aliphatic carbocycles. The third-order valence-electron chi connectivity index (χ3n) is 5.45. The number of halogens is 1. The van der Waals surface area contributed by atoms with Gasteiger partial charge in [-0.05, 0) is 54.4 Å². The number of aliphatic carboxylic acids is 1. The van der Waals surface area contributed by atoms with Gasteiger partial charge in [-0.3, -0.25) is 9.59 Å². The highest BCUT2D eigenvalue weighted by molar-refractivity contribution is 6.38. The summed E-state index contributed by atoms with van der Waals surface area (Å²) in [5, 5.41) is 19.0. The third kappa shape index (κ3) is 5.25. The molecule has 0 saturated heterocycles. The Labute approximate surface area is 197 Å². The Kier molecular flexibility index (Phi) is 6.77. The second-order valence-corrected chi connectivity index (χ2v) is 8.27. The van der Waals surface area contributed by atoms with E-state index in [0.29, 0.717) is 28.4 Å². The summed E-state index contributed by atoms with van der Waals surface area (Å²) in [6, 6.07) is 20.9. The average Bonchev–Trinajstić information content (AvgIpc) is 3.12. The molecule has 7 heteroatoms. The van der Waals surface area contributed by atoms with Crippen LogP contribution in [0.2, 0.25) is 5.02 Å². The molecule has 0 radical (unpaired) electrons. The number of amides is 1. The summed E-state index contributed by atoms with van der Waals surface area (Å²) in [5.74, 6) is -1.04. The van der Waals surface area contributed by atoms with E-state index in [1.54, 1.807) is 12.1 Å². The Morgan fingerprint density at radius 2 is 1.70 bits per heavy atom. The van der Waals surface area contributed by atoms with E-state index < -0.39 is 5.97 Å². The molecule has 168 valence electrons. The maximum absolute atomic E-state index is 13.0. The first-order valence-corrected chi connectivity index (χ1v) is 11.0. The minimum Gasteiger partial charge on any atom is -0.481 e. The average molecular weight is 462 g/mol. The number of carbonyl (C=O) groups is 2. The van der Waals surface area contributed by atoms with E-state index in [-0.39, 0.29) is 12.3 Å². The topological polar surface area (TPSA) is 90.5 Å². The molecule has 0 unspecified atom stereocenters. The van der Waals surface area contributed by atoms with Crippen LogP contribution in [0, 0.1) is 0 Å². The Bertz CT molecular complexity index is 1220. The van der Waals surface area contributed by atoms with Gasteiger partial charge in [0.25, 0.3) is 5.91 Å². The predicted octanol–water partition coefficient (Wildman–Crippen LogP) is 5.01. The molecule has 6 nitrogen and oxygen atoms in total. The van der Waals surface area contributed by atoms with Gasteiger partial charge >= 0.3 is 5.97 Å². The molecule has 0 bridgehead atoms. The second kappa shape index (κ2) is 9.90. The Morgan fingerprint density at radius 1 is 1.00 bits per heavy atom. The van der Waals surface area contributed by atoms with E-state index in [4.69, 9.17) is 16.7 Å². The number of carboxylic acids is 1. The van der Waals surface area contributed by atoms with Crippen LogP contribution in [0.3, 0.4) is 0 Å². The van der Waals surface area contributed by atoms with E-state index in [1.165, 1.54) is 0 Å².